The van der Waals surface area contributed by atoms with Crippen molar-refractivity contribution < 1.29 is 14.7 Å². The van der Waals surface area contributed by atoms with E-state index in [2.05, 4.69) is 20.6 Å². The minimum absolute atomic E-state index is 0.0941. The number of nitrogens with one attached hydrogen (secondary N) is 3. The number of imidazole rings is 1. The van der Waals surface area contributed by atoms with Gasteiger partial charge in [-0.3, -0.25) is 9.59 Å². The Morgan fingerprint density at radius 3 is 2.65 bits per heavy atom. The fourth-order valence-electron chi connectivity index (χ4n) is 1.75. The molecule has 122 valence electrons. The highest BCUT2D eigenvalue weighted by Gasteiger charge is 2.12. The first-order valence-corrected chi connectivity index (χ1v) is 8.16. The van der Waals surface area contributed by atoms with Crippen LogP contribution in [-0.2, 0) is 15.3 Å². The van der Waals surface area contributed by atoms with Crippen LogP contribution < -0.4 is 10.6 Å². The highest BCUT2D eigenvalue weighted by Crippen LogP contribution is 2.13. The molecule has 0 spiro atoms. The Kier molecular flexibility index (Phi) is 6.04. The van der Waals surface area contributed by atoms with Crippen LogP contribution in [-0.4, -0.2) is 39.2 Å². The molecule has 0 saturated heterocycles. The van der Waals surface area contributed by atoms with Gasteiger partial charge in [0.2, 0.25) is 0 Å². The minimum Gasteiger partial charge on any atom is -0.508 e. The van der Waals surface area contributed by atoms with Crippen LogP contribution in [0.1, 0.15) is 11.4 Å². The molecular weight excluding hydrogens is 316 g/mol. The summed E-state index contributed by atoms with van der Waals surface area (Å²) < 4.78 is 0. The van der Waals surface area contributed by atoms with Crippen LogP contribution in [0.4, 0.5) is 5.69 Å². The van der Waals surface area contributed by atoms with Gasteiger partial charge in [-0.25, -0.2) is 4.98 Å². The molecule has 7 nitrogen and oxygen atoms in total. The van der Waals surface area contributed by atoms with Crippen molar-refractivity contribution in [3.05, 3.63) is 42.0 Å². The van der Waals surface area contributed by atoms with Gasteiger partial charge in [-0.2, -0.15) is 11.8 Å². The number of aryl methyl sites for hydroxylation is 1. The van der Waals surface area contributed by atoms with E-state index < -0.39 is 11.8 Å². The standard InChI is InChI=1S/C15H18N4O3S/c1-10-13(18-9-17-10)8-23-7-6-16-14(21)15(22)19-11-2-4-12(20)5-3-11/h2-5,9,20H,6-8H2,1H3,(H,16,21)(H,17,18)(H,19,22). The third-order valence-electron chi connectivity index (χ3n) is 3.04. The van der Waals surface area contributed by atoms with E-state index in [0.29, 0.717) is 18.0 Å². The number of thioether (sulfide) groups is 1. The van der Waals surface area contributed by atoms with Crippen molar-refractivity contribution in [1.29, 1.82) is 0 Å². The van der Waals surface area contributed by atoms with Crippen LogP contribution in [0.2, 0.25) is 0 Å². The van der Waals surface area contributed by atoms with Crippen LogP contribution in [0.15, 0.2) is 30.6 Å². The maximum atomic E-state index is 11.7. The predicted octanol–water partition coefficient (Wildman–Crippen LogP) is 1.41. The fourth-order valence-corrected chi connectivity index (χ4v) is 2.63. The van der Waals surface area contributed by atoms with Gasteiger partial charge < -0.3 is 20.7 Å². The smallest absolute Gasteiger partial charge is 0.313 e. The largest absolute Gasteiger partial charge is 0.508 e. The molecule has 0 aliphatic rings. The molecule has 2 amide bonds. The molecule has 2 rings (SSSR count). The zero-order valence-electron chi connectivity index (χ0n) is 12.6. The van der Waals surface area contributed by atoms with Crippen molar-refractivity contribution in [2.75, 3.05) is 17.6 Å². The lowest BCUT2D eigenvalue weighted by Crippen LogP contribution is -2.36. The maximum Gasteiger partial charge on any atom is 0.313 e. The third-order valence-corrected chi connectivity index (χ3v) is 4.01. The molecule has 0 unspecified atom stereocenters. The second-order valence-electron chi connectivity index (χ2n) is 4.78. The van der Waals surface area contributed by atoms with Gasteiger partial charge in [0.15, 0.2) is 0 Å². The molecule has 0 saturated carbocycles. The van der Waals surface area contributed by atoms with Gasteiger partial charge in [0.05, 0.1) is 12.0 Å². The molecule has 8 heteroatoms. The first-order chi connectivity index (χ1) is 11.1. The average Bonchev–Trinajstić information content (AvgIpc) is 2.94. The van der Waals surface area contributed by atoms with Gasteiger partial charge in [-0.05, 0) is 31.2 Å². The monoisotopic (exact) mass is 334 g/mol. The van der Waals surface area contributed by atoms with Crippen molar-refractivity contribution in [1.82, 2.24) is 15.3 Å². The van der Waals surface area contributed by atoms with E-state index >= 15 is 0 Å². The number of hydrogen-bond acceptors (Lipinski definition) is 5. The third kappa shape index (κ3) is 5.33. The van der Waals surface area contributed by atoms with Crippen LogP contribution in [0.3, 0.4) is 0 Å². The highest BCUT2D eigenvalue weighted by molar-refractivity contribution is 7.98. The zero-order chi connectivity index (χ0) is 16.7. The van der Waals surface area contributed by atoms with Crippen molar-refractivity contribution in [2.24, 2.45) is 0 Å². The number of phenols is 1. The summed E-state index contributed by atoms with van der Waals surface area (Å²) in [6, 6.07) is 5.90. The molecule has 0 fully saturated rings. The number of aromatic hydroxyl groups is 1. The molecule has 2 aromatic rings. The number of H-pyrrole nitrogens is 1. The number of nitrogens with zero attached hydrogens (tertiary/aromatic N) is 1. The number of aromatic nitrogens is 2. The number of carbonyl (C=O) groups is 2. The molecular formula is C15H18N4O3S. The van der Waals surface area contributed by atoms with Gasteiger partial charge in [-0.1, -0.05) is 0 Å². The van der Waals surface area contributed by atoms with E-state index in [4.69, 9.17) is 5.11 Å². The van der Waals surface area contributed by atoms with Crippen LogP contribution >= 0.6 is 11.8 Å². The van der Waals surface area contributed by atoms with Crippen molar-refractivity contribution >= 4 is 29.3 Å². The number of hydrogen-bond donors (Lipinski definition) is 4. The summed E-state index contributed by atoms with van der Waals surface area (Å²) in [6.45, 7) is 2.36. The number of carbonyl (C=O) groups excluding carboxylic acids is 2. The molecule has 0 aliphatic carbocycles. The highest BCUT2D eigenvalue weighted by atomic mass is 32.2. The Hall–Kier alpha value is -2.48. The van der Waals surface area contributed by atoms with Crippen LogP contribution in [0.25, 0.3) is 0 Å². The minimum atomic E-state index is -0.733. The normalized spacial score (nSPS) is 10.3. The van der Waals surface area contributed by atoms with Gasteiger partial charge in [-0.15, -0.1) is 0 Å². The van der Waals surface area contributed by atoms with Gasteiger partial charge >= 0.3 is 11.8 Å². The summed E-state index contributed by atoms with van der Waals surface area (Å²) in [7, 11) is 0. The molecule has 0 atom stereocenters. The Labute approximate surface area is 137 Å². The Bertz CT molecular complexity index is 670. The molecule has 23 heavy (non-hydrogen) atoms. The summed E-state index contributed by atoms with van der Waals surface area (Å²) in [6.07, 6.45) is 1.65. The van der Waals surface area contributed by atoms with E-state index in [1.54, 1.807) is 18.1 Å². The number of amides is 2. The molecule has 0 bridgehead atoms. The quantitative estimate of drug-likeness (QED) is 0.363. The zero-order valence-corrected chi connectivity index (χ0v) is 13.4. The Morgan fingerprint density at radius 2 is 2.00 bits per heavy atom. The number of benzene rings is 1. The van der Waals surface area contributed by atoms with E-state index in [1.165, 1.54) is 24.3 Å². The Balaban J connectivity index is 1.65. The van der Waals surface area contributed by atoms with E-state index in [-0.39, 0.29) is 5.75 Å². The van der Waals surface area contributed by atoms with Crippen molar-refractivity contribution in [2.45, 2.75) is 12.7 Å². The summed E-state index contributed by atoms with van der Waals surface area (Å²) in [4.78, 5) is 30.5. The van der Waals surface area contributed by atoms with Crippen LogP contribution in [0.5, 0.6) is 5.75 Å². The summed E-state index contributed by atoms with van der Waals surface area (Å²) in [5, 5.41) is 14.2. The maximum absolute atomic E-state index is 11.7. The van der Waals surface area contributed by atoms with E-state index in [0.717, 1.165) is 17.1 Å². The molecule has 1 aromatic carbocycles. The number of aromatic amines is 1. The first-order valence-electron chi connectivity index (χ1n) is 7.01. The predicted molar refractivity (Wildman–Crippen MR) is 89.2 cm³/mol. The second kappa shape index (κ2) is 8.23. The molecule has 1 heterocycles. The molecule has 4 N–H and O–H groups in total. The fraction of sp³-hybridized carbons (Fsp3) is 0.267. The molecule has 0 radical (unpaired) electrons. The lowest BCUT2D eigenvalue weighted by molar-refractivity contribution is -0.136. The lowest BCUT2D eigenvalue weighted by atomic mass is 10.3. The molecule has 0 aliphatic heterocycles. The number of rotatable bonds is 6. The first kappa shape index (κ1) is 16.9. The second-order valence-corrected chi connectivity index (χ2v) is 5.89. The van der Waals surface area contributed by atoms with Gasteiger partial charge in [0.1, 0.15) is 5.75 Å². The molecule has 1 aromatic heterocycles. The SMILES string of the molecule is Cc1[nH]cnc1CSCCNC(=O)C(=O)Nc1ccc(O)cc1. The Morgan fingerprint density at radius 1 is 1.26 bits per heavy atom. The van der Waals surface area contributed by atoms with Crippen molar-refractivity contribution in [3.8, 4) is 5.75 Å². The van der Waals surface area contributed by atoms with E-state index in [9.17, 15) is 9.59 Å². The lowest BCUT2D eigenvalue weighted by Gasteiger charge is -2.06. The van der Waals surface area contributed by atoms with E-state index in [1.807, 2.05) is 6.92 Å². The van der Waals surface area contributed by atoms with Crippen molar-refractivity contribution in [3.63, 3.8) is 0 Å². The van der Waals surface area contributed by atoms with Gasteiger partial charge in [0, 0.05) is 29.4 Å². The average molecular weight is 334 g/mol. The summed E-state index contributed by atoms with van der Waals surface area (Å²) in [5.41, 5.74) is 2.48. The topological polar surface area (TPSA) is 107 Å². The van der Waals surface area contributed by atoms with Gasteiger partial charge in [0.25, 0.3) is 0 Å². The summed E-state index contributed by atoms with van der Waals surface area (Å²) in [5.74, 6) is 0.116. The number of anilines is 1. The van der Waals surface area contributed by atoms with Crippen LogP contribution in [0, 0.1) is 6.92 Å². The number of phenolic OH excluding ortho intramolecular Hbond substituents is 1. The summed E-state index contributed by atoms with van der Waals surface area (Å²) >= 11 is 1.63.